The smallest absolute Gasteiger partial charge is 0.315 e. The van der Waals surface area contributed by atoms with E-state index in [2.05, 4.69) is 10.6 Å². The number of hydrogen-bond acceptors (Lipinski definition) is 3. The highest BCUT2D eigenvalue weighted by Crippen LogP contribution is 2.29. The average molecular weight is 284 g/mol. The van der Waals surface area contributed by atoms with E-state index < -0.39 is 17.4 Å². The molecule has 0 spiro atoms. The largest absolute Gasteiger partial charge is 0.481 e. The Morgan fingerprint density at radius 1 is 1.35 bits per heavy atom. The van der Waals surface area contributed by atoms with Gasteiger partial charge in [0.25, 0.3) is 0 Å². The third-order valence-electron chi connectivity index (χ3n) is 4.72. The average Bonchev–Trinajstić information content (AvgIpc) is 3.00. The minimum atomic E-state index is -1.05. The second-order valence-electron chi connectivity index (χ2n) is 6.24. The fourth-order valence-corrected chi connectivity index (χ4v) is 3.07. The zero-order chi connectivity index (χ0) is 14.8. The summed E-state index contributed by atoms with van der Waals surface area (Å²) >= 11 is 0. The Labute approximate surface area is 119 Å². The topological polar surface area (TPSA) is 87.7 Å². The Balaban J connectivity index is 1.86. The third kappa shape index (κ3) is 3.06. The van der Waals surface area contributed by atoms with Gasteiger partial charge in [0.2, 0.25) is 0 Å². The van der Waals surface area contributed by atoms with Crippen LogP contribution in [0.1, 0.15) is 39.5 Å². The first-order valence-electron chi connectivity index (χ1n) is 7.31. The van der Waals surface area contributed by atoms with Gasteiger partial charge >= 0.3 is 12.0 Å². The molecule has 3 unspecified atom stereocenters. The standard InChI is InChI=1S/C14H24N2O4/c1-9(10-5-3-4-6-10)15-13(19)16-11-7-20-8-14(11,2)12(17)18/h9-11H,3-8H2,1-2H3,(H,17,18)(H2,15,16,19). The van der Waals surface area contributed by atoms with Crippen LogP contribution in [0.4, 0.5) is 4.79 Å². The lowest BCUT2D eigenvalue weighted by molar-refractivity contribution is -0.148. The van der Waals surface area contributed by atoms with Crippen LogP contribution in [0.2, 0.25) is 0 Å². The van der Waals surface area contributed by atoms with Gasteiger partial charge in [-0.1, -0.05) is 12.8 Å². The Bertz CT molecular complexity index is 381. The molecule has 0 aromatic heterocycles. The lowest BCUT2D eigenvalue weighted by Crippen LogP contribution is -2.54. The van der Waals surface area contributed by atoms with Gasteiger partial charge in [-0.15, -0.1) is 0 Å². The molecule has 0 bridgehead atoms. The molecule has 2 aliphatic rings. The molecule has 1 aliphatic heterocycles. The Morgan fingerprint density at radius 3 is 2.60 bits per heavy atom. The summed E-state index contributed by atoms with van der Waals surface area (Å²) < 4.78 is 5.22. The molecule has 6 heteroatoms. The molecular weight excluding hydrogens is 260 g/mol. The number of rotatable bonds is 4. The summed E-state index contributed by atoms with van der Waals surface area (Å²) in [6.45, 7) is 3.99. The summed E-state index contributed by atoms with van der Waals surface area (Å²) in [5.74, 6) is -0.407. The molecule has 2 rings (SSSR count). The molecule has 0 radical (unpaired) electrons. The van der Waals surface area contributed by atoms with E-state index in [1.165, 1.54) is 12.8 Å². The van der Waals surface area contributed by atoms with E-state index in [0.717, 1.165) is 12.8 Å². The zero-order valence-corrected chi connectivity index (χ0v) is 12.1. The number of carboxylic acid groups (broad SMARTS) is 1. The normalized spacial score (nSPS) is 32.0. The van der Waals surface area contributed by atoms with Crippen molar-refractivity contribution in [1.29, 1.82) is 0 Å². The number of ether oxygens (including phenoxy) is 1. The quantitative estimate of drug-likeness (QED) is 0.727. The first-order valence-corrected chi connectivity index (χ1v) is 7.31. The summed E-state index contributed by atoms with van der Waals surface area (Å²) in [6.07, 6.45) is 4.76. The van der Waals surface area contributed by atoms with Crippen molar-refractivity contribution < 1.29 is 19.4 Å². The molecule has 6 nitrogen and oxygen atoms in total. The minimum Gasteiger partial charge on any atom is -0.481 e. The number of hydrogen-bond donors (Lipinski definition) is 3. The summed E-state index contributed by atoms with van der Waals surface area (Å²) in [5.41, 5.74) is -1.05. The van der Waals surface area contributed by atoms with Gasteiger partial charge in [-0.25, -0.2) is 4.79 Å². The summed E-state index contributed by atoms with van der Waals surface area (Å²) in [7, 11) is 0. The number of urea groups is 1. The Morgan fingerprint density at radius 2 is 2.00 bits per heavy atom. The van der Waals surface area contributed by atoms with Gasteiger partial charge in [0.05, 0.1) is 19.3 Å². The highest BCUT2D eigenvalue weighted by Gasteiger charge is 2.47. The predicted molar refractivity (Wildman–Crippen MR) is 73.4 cm³/mol. The molecule has 20 heavy (non-hydrogen) atoms. The van der Waals surface area contributed by atoms with Crippen LogP contribution in [0.25, 0.3) is 0 Å². The number of amides is 2. The van der Waals surface area contributed by atoms with Crippen molar-refractivity contribution in [3.05, 3.63) is 0 Å². The maximum absolute atomic E-state index is 12.0. The first kappa shape index (κ1) is 15.1. The van der Waals surface area contributed by atoms with Crippen molar-refractivity contribution in [3.8, 4) is 0 Å². The van der Waals surface area contributed by atoms with E-state index in [1.54, 1.807) is 6.92 Å². The molecule has 1 heterocycles. The molecule has 1 saturated carbocycles. The number of carbonyl (C=O) groups excluding carboxylic acids is 1. The van der Waals surface area contributed by atoms with Crippen LogP contribution in [0.5, 0.6) is 0 Å². The zero-order valence-electron chi connectivity index (χ0n) is 12.1. The van der Waals surface area contributed by atoms with Crippen LogP contribution in [-0.2, 0) is 9.53 Å². The molecular formula is C14H24N2O4. The highest BCUT2D eigenvalue weighted by molar-refractivity contribution is 5.79. The molecule has 2 fully saturated rings. The van der Waals surface area contributed by atoms with E-state index in [0.29, 0.717) is 5.92 Å². The Kier molecular flexibility index (Phi) is 4.52. The van der Waals surface area contributed by atoms with Crippen molar-refractivity contribution >= 4 is 12.0 Å². The molecule has 3 N–H and O–H groups in total. The van der Waals surface area contributed by atoms with Crippen molar-refractivity contribution in [2.24, 2.45) is 11.3 Å². The second kappa shape index (κ2) is 5.99. The van der Waals surface area contributed by atoms with Crippen LogP contribution in [0.15, 0.2) is 0 Å². The van der Waals surface area contributed by atoms with Crippen molar-refractivity contribution in [2.45, 2.75) is 51.6 Å². The van der Waals surface area contributed by atoms with Crippen molar-refractivity contribution in [1.82, 2.24) is 10.6 Å². The first-order chi connectivity index (χ1) is 9.43. The van der Waals surface area contributed by atoms with Crippen molar-refractivity contribution in [3.63, 3.8) is 0 Å². The molecule has 0 aromatic rings. The SMILES string of the molecule is CC(NC(=O)NC1COCC1(C)C(=O)O)C1CCCC1. The molecule has 3 atom stereocenters. The van der Waals surface area contributed by atoms with Crippen LogP contribution >= 0.6 is 0 Å². The second-order valence-corrected chi connectivity index (χ2v) is 6.24. The van der Waals surface area contributed by atoms with Crippen molar-refractivity contribution in [2.75, 3.05) is 13.2 Å². The molecule has 2 amide bonds. The maximum atomic E-state index is 12.0. The lowest BCUT2D eigenvalue weighted by atomic mass is 9.85. The number of carboxylic acids is 1. The number of carbonyl (C=O) groups is 2. The van der Waals surface area contributed by atoms with Gasteiger partial charge in [-0.3, -0.25) is 4.79 Å². The Hall–Kier alpha value is -1.30. The van der Waals surface area contributed by atoms with E-state index >= 15 is 0 Å². The fraction of sp³-hybridized carbons (Fsp3) is 0.857. The van der Waals surface area contributed by atoms with Gasteiger partial charge in [0.1, 0.15) is 5.41 Å². The number of aliphatic carboxylic acids is 1. The summed E-state index contributed by atoms with van der Waals surface area (Å²) in [4.78, 5) is 23.3. The lowest BCUT2D eigenvalue weighted by Gasteiger charge is -2.27. The molecule has 1 aliphatic carbocycles. The summed E-state index contributed by atoms with van der Waals surface area (Å²) in [6, 6.07) is -0.668. The van der Waals surface area contributed by atoms with Crippen LogP contribution < -0.4 is 10.6 Å². The minimum absolute atomic E-state index is 0.121. The van der Waals surface area contributed by atoms with E-state index in [4.69, 9.17) is 4.74 Å². The van der Waals surface area contributed by atoms with Crippen LogP contribution in [0, 0.1) is 11.3 Å². The van der Waals surface area contributed by atoms with Crippen LogP contribution in [0.3, 0.4) is 0 Å². The van der Waals surface area contributed by atoms with Gasteiger partial charge < -0.3 is 20.5 Å². The van der Waals surface area contributed by atoms with Gasteiger partial charge in [-0.2, -0.15) is 0 Å². The third-order valence-corrected chi connectivity index (χ3v) is 4.72. The van der Waals surface area contributed by atoms with E-state index in [-0.39, 0.29) is 25.3 Å². The summed E-state index contributed by atoms with van der Waals surface area (Å²) in [5, 5.41) is 14.9. The fourth-order valence-electron chi connectivity index (χ4n) is 3.07. The van der Waals surface area contributed by atoms with Gasteiger partial charge in [0, 0.05) is 6.04 Å². The number of nitrogens with one attached hydrogen (secondary N) is 2. The van der Waals surface area contributed by atoms with E-state index in [1.807, 2.05) is 6.92 Å². The van der Waals surface area contributed by atoms with Gasteiger partial charge in [-0.05, 0) is 32.6 Å². The molecule has 114 valence electrons. The highest BCUT2D eigenvalue weighted by atomic mass is 16.5. The van der Waals surface area contributed by atoms with Crippen LogP contribution in [-0.4, -0.2) is 42.4 Å². The van der Waals surface area contributed by atoms with E-state index in [9.17, 15) is 14.7 Å². The molecule has 0 aromatic carbocycles. The maximum Gasteiger partial charge on any atom is 0.315 e. The molecule has 1 saturated heterocycles. The monoisotopic (exact) mass is 284 g/mol. The van der Waals surface area contributed by atoms with Gasteiger partial charge in [0.15, 0.2) is 0 Å². The predicted octanol–water partition coefficient (Wildman–Crippen LogP) is 1.35.